The maximum Gasteiger partial charge on any atom is 0.508 e. The van der Waals surface area contributed by atoms with Gasteiger partial charge in [0.1, 0.15) is 42.3 Å². The topological polar surface area (TPSA) is 189 Å². The minimum absolute atomic E-state index is 0.180. The molecule has 1 unspecified atom stereocenters. The second-order valence-electron chi connectivity index (χ2n) is 14.2. The van der Waals surface area contributed by atoms with Gasteiger partial charge < -0.3 is 49.4 Å². The van der Waals surface area contributed by atoms with Gasteiger partial charge >= 0.3 is 18.1 Å². The molecular formula is C34H48N2O11. The van der Waals surface area contributed by atoms with E-state index < -0.39 is 102 Å². The lowest BCUT2D eigenvalue weighted by molar-refractivity contribution is -0.173. The summed E-state index contributed by atoms with van der Waals surface area (Å²) in [6, 6.07) is 3.34. The van der Waals surface area contributed by atoms with Gasteiger partial charge in [-0.05, 0) is 44.9 Å². The Balaban J connectivity index is 1.50. The van der Waals surface area contributed by atoms with E-state index in [1.165, 1.54) is 14.0 Å². The Morgan fingerprint density at radius 1 is 1.30 bits per heavy atom. The van der Waals surface area contributed by atoms with E-state index in [9.17, 15) is 24.6 Å². The van der Waals surface area contributed by atoms with Crippen molar-refractivity contribution in [2.24, 2.45) is 34.8 Å². The molecule has 4 bridgehead atoms. The predicted molar refractivity (Wildman–Crippen MR) is 167 cm³/mol. The molecule has 13 atom stereocenters. The van der Waals surface area contributed by atoms with Crippen molar-refractivity contribution in [3.05, 3.63) is 47.8 Å². The van der Waals surface area contributed by atoms with Crippen molar-refractivity contribution in [2.75, 3.05) is 20.3 Å². The van der Waals surface area contributed by atoms with E-state index in [0.717, 1.165) is 5.57 Å². The lowest BCUT2D eigenvalue weighted by Crippen LogP contribution is -2.61. The van der Waals surface area contributed by atoms with Crippen LogP contribution in [0.1, 0.15) is 58.5 Å². The molecule has 4 aliphatic rings. The zero-order chi connectivity index (χ0) is 34.5. The summed E-state index contributed by atoms with van der Waals surface area (Å²) in [4.78, 5) is 42.2. The van der Waals surface area contributed by atoms with Gasteiger partial charge in [-0.1, -0.05) is 39.0 Å². The fraction of sp³-hybridized carbons (Fsp3) is 0.676. The third-order valence-electron chi connectivity index (χ3n) is 10.6. The molecule has 1 spiro atoms. The highest BCUT2D eigenvalue weighted by Gasteiger charge is 2.73. The Morgan fingerprint density at radius 3 is 2.66 bits per heavy atom. The first kappa shape index (κ1) is 35.1. The van der Waals surface area contributed by atoms with Crippen molar-refractivity contribution in [3.8, 4) is 0 Å². The fourth-order valence-corrected chi connectivity index (χ4v) is 8.05. The number of rotatable bonds is 8. The Kier molecular flexibility index (Phi) is 9.70. The number of hydrogen-bond donors (Lipinski definition) is 4. The van der Waals surface area contributed by atoms with Crippen molar-refractivity contribution in [2.45, 2.75) is 95.7 Å². The van der Waals surface area contributed by atoms with Crippen LogP contribution in [0.3, 0.4) is 0 Å². The third kappa shape index (κ3) is 6.12. The lowest BCUT2D eigenvalue weighted by atomic mass is 9.51. The predicted octanol–water partition coefficient (Wildman–Crippen LogP) is 2.66. The molecular weight excluding hydrogens is 612 g/mol. The monoisotopic (exact) mass is 660 g/mol. The molecule has 1 aromatic rings. The standard InChI is InChI=1S/C34H48N2O11/c1-17-13-18(2)34-21(14-23(42-7)30(40)45-25(17)20(4)44-31(41)43-16-32(5,35)15-37)10-11-33(6)27(34)24(38)19(3)26(28(33)47-34)46-29(39)22-9-8-12-36-22/h8-13,17,19-21,23-28,36-38H,14-16,35H2,1-7H3/b18-13+/t17-,19-,20-,21-,23+,24-,25+,26-,27-,28+,32?,33-,34+/m1/s1. The first-order valence-corrected chi connectivity index (χ1v) is 16.1. The van der Waals surface area contributed by atoms with E-state index in [1.54, 1.807) is 25.3 Å². The molecule has 2 aliphatic heterocycles. The number of esters is 2. The number of aromatic nitrogens is 1. The molecule has 47 heavy (non-hydrogen) atoms. The van der Waals surface area contributed by atoms with E-state index in [1.807, 2.05) is 45.9 Å². The molecule has 13 heteroatoms. The van der Waals surface area contributed by atoms with Crippen LogP contribution in [0.5, 0.6) is 0 Å². The van der Waals surface area contributed by atoms with Crippen molar-refractivity contribution < 1.29 is 53.0 Å². The first-order chi connectivity index (χ1) is 22.1. The molecule has 2 aliphatic carbocycles. The SMILES string of the molecule is CO[C@H]1C[C@H]2C=C[C@]3(C)[C@H]4[C@H](O)[C@@H](C)[C@@H](OC(=O)c5ccc[nH]5)[C@@H]3O[C@@]24/C(C)=C/[C@@H](C)[C@@H]([C@@H](C)OC(=O)OCC(C)(N)CO)OC1=O. The summed E-state index contributed by atoms with van der Waals surface area (Å²) in [7, 11) is 1.42. The number of nitrogens with two attached hydrogens (primary N) is 1. The van der Waals surface area contributed by atoms with Crippen LogP contribution in [-0.4, -0.2) is 101 Å². The summed E-state index contributed by atoms with van der Waals surface area (Å²) in [5, 5.41) is 21.4. The molecule has 1 aromatic heterocycles. The average Bonchev–Trinajstić information content (AvgIpc) is 3.61. The Labute approximate surface area is 274 Å². The number of carbonyl (C=O) groups is 3. The van der Waals surface area contributed by atoms with Crippen LogP contribution in [0, 0.1) is 29.1 Å². The largest absolute Gasteiger partial charge is 0.508 e. The Hall–Kier alpha value is -3.23. The molecule has 3 heterocycles. The summed E-state index contributed by atoms with van der Waals surface area (Å²) in [6.07, 6.45) is 1.59. The number of nitrogens with one attached hydrogen (secondary N) is 1. The smallest absolute Gasteiger partial charge is 0.456 e. The Morgan fingerprint density at radius 2 is 2.02 bits per heavy atom. The van der Waals surface area contributed by atoms with Gasteiger partial charge in [-0.25, -0.2) is 14.4 Å². The quantitative estimate of drug-likeness (QED) is 0.182. The number of aromatic amines is 1. The van der Waals surface area contributed by atoms with Crippen LogP contribution in [0.25, 0.3) is 0 Å². The van der Waals surface area contributed by atoms with Crippen molar-refractivity contribution in [1.82, 2.24) is 4.98 Å². The van der Waals surface area contributed by atoms with Crippen LogP contribution < -0.4 is 5.73 Å². The minimum Gasteiger partial charge on any atom is -0.456 e. The van der Waals surface area contributed by atoms with E-state index in [0.29, 0.717) is 5.69 Å². The van der Waals surface area contributed by atoms with Gasteiger partial charge in [0.25, 0.3) is 0 Å². The van der Waals surface area contributed by atoms with E-state index in [-0.39, 0.29) is 13.0 Å². The molecule has 0 aromatic carbocycles. The van der Waals surface area contributed by atoms with Crippen LogP contribution in [0.15, 0.2) is 42.1 Å². The van der Waals surface area contributed by atoms with Gasteiger partial charge in [0, 0.05) is 42.4 Å². The lowest BCUT2D eigenvalue weighted by Gasteiger charge is -2.53. The zero-order valence-corrected chi connectivity index (χ0v) is 28.0. The summed E-state index contributed by atoms with van der Waals surface area (Å²) in [6.45, 7) is 10.1. The molecule has 1 saturated heterocycles. The Bertz CT molecular complexity index is 1390. The number of aliphatic hydroxyl groups is 2. The first-order valence-electron chi connectivity index (χ1n) is 16.1. The van der Waals surface area contributed by atoms with Crippen LogP contribution in [-0.2, 0) is 33.2 Å². The highest BCUT2D eigenvalue weighted by Crippen LogP contribution is 2.66. The highest BCUT2D eigenvalue weighted by atomic mass is 16.7. The van der Waals surface area contributed by atoms with E-state index in [4.69, 9.17) is 34.2 Å². The maximum atomic E-state index is 13.6. The van der Waals surface area contributed by atoms with Crippen LogP contribution in [0.2, 0.25) is 0 Å². The molecule has 0 radical (unpaired) electrons. The number of carbonyl (C=O) groups excluding carboxylic acids is 3. The van der Waals surface area contributed by atoms with Gasteiger partial charge in [0.15, 0.2) is 6.10 Å². The van der Waals surface area contributed by atoms with Gasteiger partial charge in [0.05, 0.1) is 18.2 Å². The minimum atomic E-state index is -1.15. The van der Waals surface area contributed by atoms with Crippen LogP contribution >= 0.6 is 0 Å². The molecule has 5 N–H and O–H groups in total. The number of ether oxygens (including phenoxy) is 6. The normalized spacial score (nSPS) is 40.9. The number of hydrogen-bond acceptors (Lipinski definition) is 12. The van der Waals surface area contributed by atoms with E-state index in [2.05, 4.69) is 4.98 Å². The van der Waals surface area contributed by atoms with Gasteiger partial charge in [-0.15, -0.1) is 0 Å². The summed E-state index contributed by atoms with van der Waals surface area (Å²) in [5.41, 5.74) is 4.02. The van der Waals surface area contributed by atoms with Gasteiger partial charge in [-0.3, -0.25) is 0 Å². The number of aliphatic hydroxyl groups excluding tert-OH is 2. The second-order valence-corrected chi connectivity index (χ2v) is 14.2. The molecule has 0 amide bonds. The van der Waals surface area contributed by atoms with E-state index >= 15 is 0 Å². The molecule has 2 fully saturated rings. The maximum absolute atomic E-state index is 13.6. The fourth-order valence-electron chi connectivity index (χ4n) is 8.05. The summed E-state index contributed by atoms with van der Waals surface area (Å²) < 4.78 is 35.4. The highest BCUT2D eigenvalue weighted by molar-refractivity contribution is 5.87. The average molecular weight is 661 g/mol. The molecule has 260 valence electrons. The number of methoxy groups -OCH3 is 1. The van der Waals surface area contributed by atoms with Gasteiger partial charge in [0.2, 0.25) is 0 Å². The number of H-pyrrole nitrogens is 1. The summed E-state index contributed by atoms with van der Waals surface area (Å²) >= 11 is 0. The second kappa shape index (κ2) is 13.0. The molecule has 5 rings (SSSR count). The third-order valence-corrected chi connectivity index (χ3v) is 10.6. The number of cyclic esters (lactones) is 1. The summed E-state index contributed by atoms with van der Waals surface area (Å²) in [5.74, 6) is -2.98. The van der Waals surface area contributed by atoms with Crippen molar-refractivity contribution >= 4 is 18.1 Å². The van der Waals surface area contributed by atoms with Crippen molar-refractivity contribution in [1.29, 1.82) is 0 Å². The van der Waals surface area contributed by atoms with Gasteiger partial charge in [-0.2, -0.15) is 0 Å². The molecule has 1 saturated carbocycles. The molecule has 13 nitrogen and oxygen atoms in total. The zero-order valence-electron chi connectivity index (χ0n) is 28.0. The van der Waals surface area contributed by atoms with Crippen LogP contribution in [0.4, 0.5) is 4.79 Å². The van der Waals surface area contributed by atoms with Crippen molar-refractivity contribution in [3.63, 3.8) is 0 Å².